The van der Waals surface area contributed by atoms with Gasteiger partial charge in [0, 0.05) is 53.5 Å². The molecule has 10 rings (SSSR count). The molecule has 0 aliphatic heterocycles. The molecule has 0 spiro atoms. The largest absolute Gasteiger partial charge is 0.455 e. The minimum Gasteiger partial charge on any atom is -0.455 e. The van der Waals surface area contributed by atoms with Crippen molar-refractivity contribution in [1.29, 1.82) is 0 Å². The first-order valence-electron chi connectivity index (χ1n) is 14.5. The minimum absolute atomic E-state index is 0.714. The molecule has 3 heteroatoms. The van der Waals surface area contributed by atoms with Crippen LogP contribution in [0.25, 0.3) is 98.1 Å². The van der Waals surface area contributed by atoms with Crippen molar-refractivity contribution < 1.29 is 8.83 Å². The van der Waals surface area contributed by atoms with Crippen molar-refractivity contribution in [3.05, 3.63) is 132 Å². The van der Waals surface area contributed by atoms with Crippen molar-refractivity contribution in [2.24, 2.45) is 0 Å². The van der Waals surface area contributed by atoms with Crippen molar-refractivity contribution >= 4 is 98.6 Å². The van der Waals surface area contributed by atoms with Crippen molar-refractivity contribution in [2.75, 3.05) is 0 Å². The number of halogens is 1. The summed E-state index contributed by atoms with van der Waals surface area (Å²) < 4.78 is 13.7. The van der Waals surface area contributed by atoms with Gasteiger partial charge in [-0.05, 0) is 51.6 Å². The molecule has 0 amide bonds. The lowest BCUT2D eigenvalue weighted by Crippen LogP contribution is -1.92. The van der Waals surface area contributed by atoms with Crippen LogP contribution in [0.1, 0.15) is 0 Å². The Bertz CT molecular complexity index is 2780. The van der Waals surface area contributed by atoms with Gasteiger partial charge in [-0.3, -0.25) is 0 Å². The van der Waals surface area contributed by atoms with Crippen LogP contribution >= 0.6 is 11.6 Å². The Balaban J connectivity index is 1.51. The van der Waals surface area contributed by atoms with Gasteiger partial charge in [-0.1, -0.05) is 115 Å². The Kier molecular flexibility index (Phi) is 4.53. The van der Waals surface area contributed by atoms with Crippen molar-refractivity contribution in [3.63, 3.8) is 0 Å². The number of hydrogen-bond acceptors (Lipinski definition) is 2. The monoisotopic (exact) mass is 568 g/mol. The summed E-state index contributed by atoms with van der Waals surface area (Å²) in [6, 6.07) is 44.5. The first-order valence-corrected chi connectivity index (χ1v) is 14.8. The van der Waals surface area contributed by atoms with Gasteiger partial charge in [0.25, 0.3) is 0 Å². The number of rotatable bonds is 1. The van der Waals surface area contributed by atoms with E-state index < -0.39 is 0 Å². The standard InChI is InChI=1S/C40H21ClO2/c41-32-21-31-36-28-17-9-18-33-37(28)35(27-16-8-19-34(38(27)36)43-40(31)26-15-7-5-13-24(26)32)30-20-29(22-10-2-1-3-11-22)23-12-4-6-14-25(23)39(30)42-33/h1-21H. The second kappa shape index (κ2) is 8.38. The highest BCUT2D eigenvalue weighted by molar-refractivity contribution is 6.43. The average Bonchev–Trinajstić information content (AvgIpc) is 3.06. The van der Waals surface area contributed by atoms with Crippen LogP contribution in [0.5, 0.6) is 0 Å². The van der Waals surface area contributed by atoms with E-state index in [4.69, 9.17) is 20.4 Å². The molecule has 0 unspecified atom stereocenters. The third kappa shape index (κ3) is 3.03. The fourth-order valence-corrected chi connectivity index (χ4v) is 7.59. The third-order valence-corrected chi connectivity index (χ3v) is 9.39. The molecule has 43 heavy (non-hydrogen) atoms. The molecule has 0 saturated heterocycles. The van der Waals surface area contributed by atoms with Crippen LogP contribution in [0, 0.1) is 0 Å². The average molecular weight is 569 g/mol. The fourth-order valence-electron chi connectivity index (χ4n) is 7.31. The van der Waals surface area contributed by atoms with Crippen molar-refractivity contribution in [1.82, 2.24) is 0 Å². The maximum atomic E-state index is 6.93. The molecule has 0 aliphatic carbocycles. The molecule has 0 saturated carbocycles. The van der Waals surface area contributed by atoms with E-state index >= 15 is 0 Å². The molecule has 2 heterocycles. The van der Waals surface area contributed by atoms with Gasteiger partial charge in [-0.25, -0.2) is 0 Å². The summed E-state index contributed by atoms with van der Waals surface area (Å²) in [5.41, 5.74) is 5.82. The quantitative estimate of drug-likeness (QED) is 0.145. The molecule has 0 N–H and O–H groups in total. The lowest BCUT2D eigenvalue weighted by Gasteiger charge is -2.19. The molecule has 0 aliphatic rings. The van der Waals surface area contributed by atoms with Crippen LogP contribution in [0.15, 0.2) is 136 Å². The van der Waals surface area contributed by atoms with E-state index in [9.17, 15) is 0 Å². The van der Waals surface area contributed by atoms with Gasteiger partial charge < -0.3 is 8.83 Å². The molecule has 0 fully saturated rings. The van der Waals surface area contributed by atoms with Crippen LogP contribution in [0.4, 0.5) is 0 Å². The van der Waals surface area contributed by atoms with Crippen LogP contribution < -0.4 is 0 Å². The van der Waals surface area contributed by atoms with Crippen LogP contribution in [0.2, 0.25) is 5.02 Å². The SMILES string of the molecule is Clc1cc2c(oc3cccc4c3c2c2cccc3oc5c6ccccc6c(-c6ccccc6)cc5c4c32)c2ccccc12. The van der Waals surface area contributed by atoms with E-state index in [1.807, 2.05) is 12.1 Å². The fraction of sp³-hybridized carbons (Fsp3) is 0. The van der Waals surface area contributed by atoms with E-state index in [0.717, 1.165) is 76.2 Å². The van der Waals surface area contributed by atoms with E-state index in [2.05, 4.69) is 115 Å². The number of benzene rings is 8. The lowest BCUT2D eigenvalue weighted by atomic mass is 9.88. The molecule has 200 valence electrons. The first kappa shape index (κ1) is 23.3. The summed E-state index contributed by atoms with van der Waals surface area (Å²) in [7, 11) is 0. The van der Waals surface area contributed by atoms with Gasteiger partial charge in [0.15, 0.2) is 0 Å². The van der Waals surface area contributed by atoms with Crippen LogP contribution in [-0.2, 0) is 0 Å². The number of fused-ring (bicyclic) bond motifs is 10. The summed E-state index contributed by atoms with van der Waals surface area (Å²) in [5.74, 6) is 0. The molecule has 10 aromatic rings. The summed E-state index contributed by atoms with van der Waals surface area (Å²) in [6.07, 6.45) is 0. The van der Waals surface area contributed by atoms with Crippen LogP contribution in [-0.4, -0.2) is 0 Å². The Morgan fingerprint density at radius 3 is 1.49 bits per heavy atom. The van der Waals surface area contributed by atoms with Gasteiger partial charge >= 0.3 is 0 Å². The van der Waals surface area contributed by atoms with E-state index in [0.29, 0.717) is 5.02 Å². The predicted molar refractivity (Wildman–Crippen MR) is 181 cm³/mol. The third-order valence-electron chi connectivity index (χ3n) is 9.08. The zero-order valence-electron chi connectivity index (χ0n) is 22.8. The number of hydrogen-bond donors (Lipinski definition) is 0. The highest BCUT2D eigenvalue weighted by Gasteiger charge is 2.22. The van der Waals surface area contributed by atoms with Gasteiger partial charge in [0.2, 0.25) is 0 Å². The molecule has 0 bridgehead atoms. The maximum absolute atomic E-state index is 6.93. The molecule has 8 aromatic carbocycles. The van der Waals surface area contributed by atoms with E-state index in [1.165, 1.54) is 21.9 Å². The zero-order chi connectivity index (χ0) is 28.2. The molecule has 0 atom stereocenters. The second-order valence-electron chi connectivity index (χ2n) is 11.3. The smallest absolute Gasteiger partial charge is 0.143 e. The zero-order valence-corrected chi connectivity index (χ0v) is 23.6. The Hall–Kier alpha value is -5.31. The highest BCUT2D eigenvalue weighted by atomic mass is 35.5. The molecular weight excluding hydrogens is 548 g/mol. The van der Waals surface area contributed by atoms with E-state index in [-0.39, 0.29) is 0 Å². The van der Waals surface area contributed by atoms with Gasteiger partial charge in [-0.2, -0.15) is 0 Å². The predicted octanol–water partition coefficient (Wildman–Crippen LogP) is 12.4. The molecule has 0 radical (unpaired) electrons. The highest BCUT2D eigenvalue weighted by Crippen LogP contribution is 2.49. The molecule has 2 aromatic heterocycles. The van der Waals surface area contributed by atoms with Gasteiger partial charge in [-0.15, -0.1) is 0 Å². The first-order chi connectivity index (χ1) is 21.3. The summed E-state index contributed by atoms with van der Waals surface area (Å²) in [4.78, 5) is 0. The molecular formula is C40H21ClO2. The van der Waals surface area contributed by atoms with Gasteiger partial charge in [0.05, 0.1) is 0 Å². The summed E-state index contributed by atoms with van der Waals surface area (Å²) in [6.45, 7) is 0. The normalized spacial score (nSPS) is 12.3. The Morgan fingerprint density at radius 2 is 0.860 bits per heavy atom. The lowest BCUT2D eigenvalue weighted by molar-refractivity contribution is 0.665. The summed E-state index contributed by atoms with van der Waals surface area (Å²) in [5, 5.41) is 13.9. The van der Waals surface area contributed by atoms with E-state index in [1.54, 1.807) is 0 Å². The Labute approximate surface area is 250 Å². The second-order valence-corrected chi connectivity index (χ2v) is 11.7. The van der Waals surface area contributed by atoms with Gasteiger partial charge in [0.1, 0.15) is 22.3 Å². The topological polar surface area (TPSA) is 26.3 Å². The Morgan fingerprint density at radius 1 is 0.372 bits per heavy atom. The minimum atomic E-state index is 0.714. The molecule has 2 nitrogen and oxygen atoms in total. The van der Waals surface area contributed by atoms with Crippen molar-refractivity contribution in [2.45, 2.75) is 0 Å². The van der Waals surface area contributed by atoms with Crippen LogP contribution in [0.3, 0.4) is 0 Å². The maximum Gasteiger partial charge on any atom is 0.143 e. The summed E-state index contributed by atoms with van der Waals surface area (Å²) >= 11 is 6.93. The van der Waals surface area contributed by atoms with Crippen molar-refractivity contribution in [3.8, 4) is 11.1 Å².